The van der Waals surface area contributed by atoms with E-state index in [9.17, 15) is 14.0 Å². The second-order valence-electron chi connectivity index (χ2n) is 7.22. The number of ether oxygens (including phenoxy) is 1. The normalized spacial score (nSPS) is 14.8. The molecule has 2 aromatic rings. The van der Waals surface area contributed by atoms with Crippen molar-refractivity contribution in [2.45, 2.75) is 30.6 Å². The maximum atomic E-state index is 13.0. The van der Waals surface area contributed by atoms with E-state index >= 15 is 0 Å². The Morgan fingerprint density at radius 1 is 1.07 bits per heavy atom. The summed E-state index contributed by atoms with van der Waals surface area (Å²) in [5.41, 5.74) is 2.06. The van der Waals surface area contributed by atoms with Crippen LogP contribution in [0.15, 0.2) is 48.5 Å². The van der Waals surface area contributed by atoms with Crippen LogP contribution in [-0.2, 0) is 11.6 Å². The topological polar surface area (TPSA) is 78.9 Å². The number of halogens is 1. The minimum atomic E-state index is -1.02. The van der Waals surface area contributed by atoms with Crippen LogP contribution in [0.2, 0.25) is 0 Å². The molecule has 1 fully saturated rings. The molecule has 6 nitrogen and oxygen atoms in total. The number of benzene rings is 2. The van der Waals surface area contributed by atoms with Gasteiger partial charge in [-0.05, 0) is 0 Å². The molecule has 30 heavy (non-hydrogen) atoms. The SMILES string of the molecule is O=C(O)NCCc1ccc(OC2CCN(C(=O)[AsH]Cc3ccc(F)cc3)CC2)cc1. The summed E-state index contributed by atoms with van der Waals surface area (Å²) < 4.78 is 19.3. The number of nitrogens with zero attached hydrogens (tertiary/aromatic N) is 1. The standard InChI is InChI=1S/C22H26AsFN2O4/c24-18-5-1-17(2-6-18)15-23-21(27)26-13-10-20(11-14-26)30-19-7-3-16(4-8-19)9-12-25-22(28)29/h1-8,20,23,25H,9-15H2,(H,28,29). The van der Waals surface area contributed by atoms with Crippen molar-refractivity contribution in [3.8, 4) is 5.75 Å². The number of likely N-dealkylation sites (tertiary alicyclic amines) is 1. The van der Waals surface area contributed by atoms with Crippen molar-refractivity contribution in [1.82, 2.24) is 10.2 Å². The molecule has 1 atom stereocenters. The number of carboxylic acid groups (broad SMARTS) is 1. The number of hydrogen-bond acceptors (Lipinski definition) is 3. The molecule has 0 aromatic heterocycles. The van der Waals surface area contributed by atoms with Gasteiger partial charge in [-0.1, -0.05) is 0 Å². The summed E-state index contributed by atoms with van der Waals surface area (Å²) in [6.07, 6.45) is 1.31. The number of piperidine rings is 1. The van der Waals surface area contributed by atoms with E-state index in [2.05, 4.69) is 5.32 Å². The Morgan fingerprint density at radius 2 is 1.70 bits per heavy atom. The third-order valence-electron chi connectivity index (χ3n) is 5.00. The van der Waals surface area contributed by atoms with Crippen molar-refractivity contribution in [1.29, 1.82) is 0 Å². The van der Waals surface area contributed by atoms with Gasteiger partial charge in [-0.2, -0.15) is 0 Å². The molecule has 2 amide bonds. The van der Waals surface area contributed by atoms with Crippen molar-refractivity contribution in [3.05, 3.63) is 65.5 Å². The monoisotopic (exact) mass is 476 g/mol. The first-order valence-corrected chi connectivity index (χ1v) is 12.5. The molecule has 160 valence electrons. The van der Waals surface area contributed by atoms with Gasteiger partial charge in [0.25, 0.3) is 0 Å². The number of carbonyl (C=O) groups excluding carboxylic acids is 1. The van der Waals surface area contributed by atoms with Crippen LogP contribution < -0.4 is 10.1 Å². The summed E-state index contributed by atoms with van der Waals surface area (Å²) in [4.78, 5) is 24.9. The van der Waals surface area contributed by atoms with Crippen LogP contribution in [0.1, 0.15) is 24.0 Å². The van der Waals surface area contributed by atoms with Crippen LogP contribution in [0.4, 0.5) is 14.0 Å². The van der Waals surface area contributed by atoms with Gasteiger partial charge in [0.15, 0.2) is 0 Å². The van der Waals surface area contributed by atoms with Gasteiger partial charge in [-0.3, -0.25) is 0 Å². The van der Waals surface area contributed by atoms with Crippen LogP contribution in [0.3, 0.4) is 0 Å². The molecule has 0 bridgehead atoms. The number of amides is 2. The van der Waals surface area contributed by atoms with E-state index in [1.807, 2.05) is 29.2 Å². The Bertz CT molecular complexity index is 837. The van der Waals surface area contributed by atoms with E-state index in [1.54, 1.807) is 12.1 Å². The van der Waals surface area contributed by atoms with Crippen molar-refractivity contribution in [2.75, 3.05) is 19.6 Å². The van der Waals surface area contributed by atoms with E-state index < -0.39 is 21.8 Å². The van der Waals surface area contributed by atoms with Gasteiger partial charge in [-0.15, -0.1) is 0 Å². The molecular formula is C22H26AsFN2O4. The van der Waals surface area contributed by atoms with Crippen molar-refractivity contribution < 1.29 is 23.8 Å². The van der Waals surface area contributed by atoms with Crippen LogP contribution >= 0.6 is 0 Å². The Labute approximate surface area is 182 Å². The Hall–Kier alpha value is -2.53. The molecule has 0 spiro atoms. The quantitative estimate of drug-likeness (QED) is 0.574. The Kier molecular flexibility index (Phi) is 8.14. The van der Waals surface area contributed by atoms with Crippen LogP contribution in [-0.4, -0.2) is 62.3 Å². The fraction of sp³-hybridized carbons (Fsp3) is 0.364. The molecule has 0 saturated carbocycles. The fourth-order valence-electron chi connectivity index (χ4n) is 3.31. The first kappa shape index (κ1) is 22.2. The van der Waals surface area contributed by atoms with E-state index in [0.29, 0.717) is 26.1 Å². The Morgan fingerprint density at radius 3 is 2.33 bits per heavy atom. The molecule has 0 aliphatic carbocycles. The number of rotatable bonds is 8. The molecule has 1 aliphatic rings. The third kappa shape index (κ3) is 7.06. The van der Waals surface area contributed by atoms with E-state index in [4.69, 9.17) is 9.84 Å². The van der Waals surface area contributed by atoms with Crippen LogP contribution in [0.5, 0.6) is 5.75 Å². The summed E-state index contributed by atoms with van der Waals surface area (Å²) >= 11 is -0.793. The van der Waals surface area contributed by atoms with Gasteiger partial charge in [0.05, 0.1) is 0 Å². The van der Waals surface area contributed by atoms with Crippen molar-refractivity contribution in [2.24, 2.45) is 0 Å². The molecule has 0 radical (unpaired) electrons. The molecule has 1 unspecified atom stereocenters. The first-order chi connectivity index (χ1) is 14.5. The first-order valence-electron chi connectivity index (χ1n) is 9.99. The second-order valence-corrected chi connectivity index (χ2v) is 9.60. The van der Waals surface area contributed by atoms with Gasteiger partial charge in [-0.25, -0.2) is 4.79 Å². The molecule has 2 N–H and O–H groups in total. The molecule has 8 heteroatoms. The summed E-state index contributed by atoms with van der Waals surface area (Å²) in [5.74, 6) is 0.538. The van der Waals surface area contributed by atoms with Gasteiger partial charge in [0, 0.05) is 0 Å². The third-order valence-corrected chi connectivity index (χ3v) is 7.53. The molecule has 3 rings (SSSR count). The van der Waals surface area contributed by atoms with E-state index in [-0.39, 0.29) is 16.6 Å². The number of carbonyl (C=O) groups is 2. The number of nitrogens with one attached hydrogen (secondary N) is 1. The van der Waals surface area contributed by atoms with Crippen molar-refractivity contribution in [3.63, 3.8) is 0 Å². The molecule has 1 heterocycles. The van der Waals surface area contributed by atoms with Gasteiger partial charge >= 0.3 is 167 Å². The maximum absolute atomic E-state index is 13.0. The zero-order valence-electron chi connectivity index (χ0n) is 16.6. The summed E-state index contributed by atoms with van der Waals surface area (Å²) in [7, 11) is 0. The molecule has 1 aliphatic heterocycles. The van der Waals surface area contributed by atoms with Crippen LogP contribution in [0.25, 0.3) is 0 Å². The van der Waals surface area contributed by atoms with Crippen LogP contribution in [0, 0.1) is 5.82 Å². The van der Waals surface area contributed by atoms with Crippen molar-refractivity contribution >= 4 is 26.5 Å². The molecule has 1 saturated heterocycles. The fourth-order valence-corrected chi connectivity index (χ4v) is 5.49. The summed E-state index contributed by atoms with van der Waals surface area (Å²) in [6, 6.07) is 14.1. The average molecular weight is 476 g/mol. The minimum absolute atomic E-state index is 0.0886. The predicted octanol–water partition coefficient (Wildman–Crippen LogP) is 3.24. The zero-order valence-corrected chi connectivity index (χ0v) is 18.7. The van der Waals surface area contributed by atoms with Gasteiger partial charge in [0.1, 0.15) is 0 Å². The number of hydrogen-bond donors (Lipinski definition) is 2. The molecule has 2 aromatic carbocycles. The zero-order chi connectivity index (χ0) is 21.3. The Balaban J connectivity index is 1.38. The molecular weight excluding hydrogens is 450 g/mol. The summed E-state index contributed by atoms with van der Waals surface area (Å²) in [5, 5.41) is 11.7. The van der Waals surface area contributed by atoms with Gasteiger partial charge in [0.2, 0.25) is 0 Å². The van der Waals surface area contributed by atoms with Gasteiger partial charge < -0.3 is 10.4 Å². The second kappa shape index (κ2) is 11.0. The summed E-state index contributed by atoms with van der Waals surface area (Å²) in [6.45, 7) is 1.79. The predicted molar refractivity (Wildman–Crippen MR) is 114 cm³/mol. The average Bonchev–Trinajstić information content (AvgIpc) is 2.75. The van der Waals surface area contributed by atoms with E-state index in [0.717, 1.165) is 34.9 Å². The van der Waals surface area contributed by atoms with E-state index in [1.165, 1.54) is 12.1 Å².